The third kappa shape index (κ3) is 4.41. The first-order chi connectivity index (χ1) is 14.4. The van der Waals surface area contributed by atoms with Crippen LogP contribution in [-0.4, -0.2) is 0 Å². The average Bonchev–Trinajstić information content (AvgIpc) is 2.74. The highest BCUT2D eigenvalue weighted by atomic mass is 16.5. The van der Waals surface area contributed by atoms with Crippen LogP contribution < -0.4 is 4.74 Å². The van der Waals surface area contributed by atoms with Crippen LogP contribution in [0.15, 0.2) is 84.9 Å². The molecule has 0 aliphatic rings. The molecule has 0 N–H and O–H groups in total. The Kier molecular flexibility index (Phi) is 5.63. The van der Waals surface area contributed by atoms with E-state index in [9.17, 15) is 0 Å². The molecule has 0 aliphatic heterocycles. The van der Waals surface area contributed by atoms with Gasteiger partial charge in [0.05, 0.1) is 0 Å². The molecule has 0 atom stereocenters. The predicted octanol–water partition coefficient (Wildman–Crippen LogP) is 8.55. The fourth-order valence-electron chi connectivity index (χ4n) is 3.82. The number of aryl methyl sites for hydroxylation is 1. The van der Waals surface area contributed by atoms with Gasteiger partial charge in [-0.25, -0.2) is 0 Å². The number of rotatable bonds is 5. The number of hydrogen-bond acceptors (Lipinski definition) is 1. The Morgan fingerprint density at radius 2 is 1.37 bits per heavy atom. The molecule has 152 valence electrons. The van der Waals surface area contributed by atoms with E-state index in [0.29, 0.717) is 0 Å². The number of hydrogen-bond donors (Lipinski definition) is 0. The van der Waals surface area contributed by atoms with Crippen LogP contribution >= 0.6 is 0 Å². The maximum atomic E-state index is 6.38. The summed E-state index contributed by atoms with van der Waals surface area (Å²) in [5.74, 6) is 1.84. The minimum Gasteiger partial charge on any atom is -0.457 e. The lowest BCUT2D eigenvalue weighted by molar-refractivity contribution is 0.475. The van der Waals surface area contributed by atoms with Gasteiger partial charge in [0.25, 0.3) is 0 Å². The van der Waals surface area contributed by atoms with Gasteiger partial charge in [-0.3, -0.25) is 0 Å². The van der Waals surface area contributed by atoms with Crippen molar-refractivity contribution in [1.82, 2.24) is 0 Å². The molecule has 0 fully saturated rings. The van der Waals surface area contributed by atoms with Gasteiger partial charge in [0.2, 0.25) is 0 Å². The number of benzene rings is 4. The molecule has 1 nitrogen and oxygen atoms in total. The van der Waals surface area contributed by atoms with Gasteiger partial charge < -0.3 is 4.74 Å². The van der Waals surface area contributed by atoms with Crippen LogP contribution in [0.1, 0.15) is 45.2 Å². The third-order valence-electron chi connectivity index (χ3n) is 5.62. The minimum absolute atomic E-state index is 0.141. The molecule has 0 saturated carbocycles. The zero-order valence-corrected chi connectivity index (χ0v) is 18.4. The van der Waals surface area contributed by atoms with Gasteiger partial charge >= 0.3 is 0 Å². The van der Waals surface area contributed by atoms with E-state index >= 15 is 0 Å². The molecule has 0 unspecified atom stereocenters. The van der Waals surface area contributed by atoms with Gasteiger partial charge in [-0.15, -0.1) is 0 Å². The highest BCUT2D eigenvalue weighted by Crippen LogP contribution is 2.34. The van der Waals surface area contributed by atoms with Gasteiger partial charge in [-0.05, 0) is 69.1 Å². The van der Waals surface area contributed by atoms with Crippen LogP contribution in [0, 0.1) is 0 Å². The summed E-state index contributed by atoms with van der Waals surface area (Å²) in [5, 5.41) is 2.52. The molecule has 0 amide bonds. The smallest absolute Gasteiger partial charge is 0.131 e. The molecule has 30 heavy (non-hydrogen) atoms. The summed E-state index contributed by atoms with van der Waals surface area (Å²) in [6, 6.07) is 30.2. The summed E-state index contributed by atoms with van der Waals surface area (Å²) in [4.78, 5) is 0. The highest BCUT2D eigenvalue weighted by molar-refractivity contribution is 5.87. The lowest BCUT2D eigenvalue weighted by Gasteiger charge is -2.19. The summed E-state index contributed by atoms with van der Waals surface area (Å²) < 4.78 is 6.38. The van der Waals surface area contributed by atoms with E-state index in [0.717, 1.165) is 24.3 Å². The van der Waals surface area contributed by atoms with Crippen molar-refractivity contribution in [2.75, 3.05) is 0 Å². The van der Waals surface area contributed by atoms with Gasteiger partial charge in [-0.1, -0.05) is 94.8 Å². The second-order valence-corrected chi connectivity index (χ2v) is 9.01. The van der Waals surface area contributed by atoms with Crippen LogP contribution in [0.5, 0.6) is 11.5 Å². The summed E-state index contributed by atoms with van der Waals surface area (Å²) in [7, 11) is 0. The van der Waals surface area contributed by atoms with Crippen molar-refractivity contribution in [3.63, 3.8) is 0 Å². The van der Waals surface area contributed by atoms with Crippen molar-refractivity contribution in [2.24, 2.45) is 0 Å². The van der Waals surface area contributed by atoms with E-state index in [4.69, 9.17) is 4.74 Å². The van der Waals surface area contributed by atoms with Gasteiger partial charge in [0, 0.05) is 0 Å². The molecular formula is C29H30O. The topological polar surface area (TPSA) is 9.23 Å². The SMILES string of the molecule is CCCc1ccc(-c2ccc3ccccc3c2)cc1Oc1ccc(C(C)(C)C)cc1. The molecule has 0 radical (unpaired) electrons. The number of fused-ring (bicyclic) bond motifs is 1. The van der Waals surface area contributed by atoms with Crippen molar-refractivity contribution >= 4 is 10.8 Å². The van der Waals surface area contributed by atoms with Crippen LogP contribution in [0.4, 0.5) is 0 Å². The first kappa shape index (κ1) is 20.2. The fraction of sp³-hybridized carbons (Fsp3) is 0.241. The molecule has 0 bridgehead atoms. The van der Waals surface area contributed by atoms with Crippen molar-refractivity contribution in [3.8, 4) is 22.6 Å². The average molecular weight is 395 g/mol. The monoisotopic (exact) mass is 394 g/mol. The summed E-state index contributed by atoms with van der Waals surface area (Å²) in [5.41, 5.74) is 5.10. The highest BCUT2D eigenvalue weighted by Gasteiger charge is 2.14. The minimum atomic E-state index is 0.141. The summed E-state index contributed by atoms with van der Waals surface area (Å²) in [6.07, 6.45) is 2.10. The van der Waals surface area contributed by atoms with Crippen LogP contribution in [0.2, 0.25) is 0 Å². The van der Waals surface area contributed by atoms with Gasteiger partial charge in [-0.2, -0.15) is 0 Å². The van der Waals surface area contributed by atoms with Crippen molar-refractivity contribution in [2.45, 2.75) is 46.0 Å². The van der Waals surface area contributed by atoms with E-state index in [1.165, 1.54) is 33.0 Å². The molecule has 4 aromatic carbocycles. The Morgan fingerprint density at radius 3 is 2.07 bits per heavy atom. The molecule has 0 aliphatic carbocycles. The fourth-order valence-corrected chi connectivity index (χ4v) is 3.82. The number of ether oxygens (including phenoxy) is 1. The van der Waals surface area contributed by atoms with Crippen molar-refractivity contribution < 1.29 is 4.74 Å². The Balaban J connectivity index is 1.68. The second kappa shape index (κ2) is 8.36. The van der Waals surface area contributed by atoms with Crippen LogP contribution in [-0.2, 0) is 11.8 Å². The van der Waals surface area contributed by atoms with E-state index in [1.807, 2.05) is 0 Å². The Labute approximate surface area is 180 Å². The standard InChI is InChI=1S/C29H30O/c1-5-8-22-12-14-25(24-13-11-21-9-6-7-10-23(21)19-24)20-28(22)30-27-17-15-26(16-18-27)29(2,3)4/h6-7,9-20H,5,8H2,1-4H3. The Morgan fingerprint density at radius 1 is 0.700 bits per heavy atom. The van der Waals surface area contributed by atoms with Gasteiger partial charge in [0.1, 0.15) is 11.5 Å². The second-order valence-electron chi connectivity index (χ2n) is 9.01. The Hall–Kier alpha value is -3.06. The molecule has 0 saturated heterocycles. The first-order valence-corrected chi connectivity index (χ1v) is 10.8. The van der Waals surface area contributed by atoms with E-state index in [2.05, 4.69) is 113 Å². The summed E-state index contributed by atoms with van der Waals surface area (Å²) >= 11 is 0. The lowest BCUT2D eigenvalue weighted by atomic mass is 9.87. The van der Waals surface area contributed by atoms with Crippen molar-refractivity contribution in [1.29, 1.82) is 0 Å². The van der Waals surface area contributed by atoms with Crippen LogP contribution in [0.3, 0.4) is 0 Å². The third-order valence-corrected chi connectivity index (χ3v) is 5.62. The van der Waals surface area contributed by atoms with Gasteiger partial charge in [0.15, 0.2) is 0 Å². The lowest BCUT2D eigenvalue weighted by Crippen LogP contribution is -2.10. The molecule has 0 aromatic heterocycles. The Bertz CT molecular complexity index is 1150. The van der Waals surface area contributed by atoms with E-state index in [1.54, 1.807) is 0 Å². The zero-order chi connectivity index (χ0) is 21.1. The van der Waals surface area contributed by atoms with E-state index < -0.39 is 0 Å². The zero-order valence-electron chi connectivity index (χ0n) is 18.4. The molecule has 0 spiro atoms. The van der Waals surface area contributed by atoms with Crippen molar-refractivity contribution in [3.05, 3.63) is 96.1 Å². The normalized spacial score (nSPS) is 11.6. The maximum absolute atomic E-state index is 6.38. The molecular weight excluding hydrogens is 364 g/mol. The molecule has 1 heteroatoms. The molecule has 4 aromatic rings. The van der Waals surface area contributed by atoms with E-state index in [-0.39, 0.29) is 5.41 Å². The first-order valence-electron chi connectivity index (χ1n) is 10.8. The van der Waals surface area contributed by atoms with Crippen LogP contribution in [0.25, 0.3) is 21.9 Å². The largest absolute Gasteiger partial charge is 0.457 e. The quantitative estimate of drug-likeness (QED) is 0.329. The molecule has 0 heterocycles. The summed E-state index contributed by atoms with van der Waals surface area (Å²) in [6.45, 7) is 8.90. The predicted molar refractivity (Wildman–Crippen MR) is 129 cm³/mol. The maximum Gasteiger partial charge on any atom is 0.131 e. The molecule has 4 rings (SSSR count).